The number of rotatable bonds is 5. The van der Waals surface area contributed by atoms with Crippen LogP contribution in [0.4, 0.5) is 5.69 Å². The van der Waals surface area contributed by atoms with Crippen molar-refractivity contribution in [2.75, 3.05) is 18.0 Å². The number of carbonyl (C=O) groups excluding carboxylic acids is 2. The van der Waals surface area contributed by atoms with Crippen LogP contribution in [0.5, 0.6) is 0 Å². The number of hydrogen-bond acceptors (Lipinski definition) is 2. The van der Waals surface area contributed by atoms with Gasteiger partial charge in [0.15, 0.2) is 0 Å². The Balaban J connectivity index is 1.53. The summed E-state index contributed by atoms with van der Waals surface area (Å²) in [5.41, 5.74) is 2.04. The summed E-state index contributed by atoms with van der Waals surface area (Å²) < 4.78 is 0. The minimum Gasteiger partial charge on any atom is -0.355 e. The summed E-state index contributed by atoms with van der Waals surface area (Å²) in [6.45, 7) is 1.15. The molecule has 2 aromatic rings. The van der Waals surface area contributed by atoms with Crippen LogP contribution in [0.25, 0.3) is 0 Å². The Hall–Kier alpha value is -2.62. The molecule has 118 valence electrons. The summed E-state index contributed by atoms with van der Waals surface area (Å²) in [4.78, 5) is 26.4. The van der Waals surface area contributed by atoms with Gasteiger partial charge in [-0.1, -0.05) is 48.5 Å². The molecule has 2 aromatic carbocycles. The molecule has 1 N–H and O–H groups in total. The third-order valence-corrected chi connectivity index (χ3v) is 4.15. The molecule has 0 unspecified atom stereocenters. The van der Waals surface area contributed by atoms with Crippen LogP contribution in [0.3, 0.4) is 0 Å². The number of nitrogens with one attached hydrogen (secondary N) is 1. The molecule has 0 saturated carbocycles. The first-order valence-corrected chi connectivity index (χ1v) is 7.94. The second-order valence-electron chi connectivity index (χ2n) is 5.69. The van der Waals surface area contributed by atoms with Crippen molar-refractivity contribution in [3.05, 3.63) is 66.2 Å². The fourth-order valence-electron chi connectivity index (χ4n) is 2.89. The van der Waals surface area contributed by atoms with Crippen molar-refractivity contribution in [1.29, 1.82) is 0 Å². The summed E-state index contributed by atoms with van der Waals surface area (Å²) in [7, 11) is 0. The lowest BCUT2D eigenvalue weighted by atomic mass is 10.1. The predicted molar refractivity (Wildman–Crippen MR) is 90.1 cm³/mol. The molecular weight excluding hydrogens is 288 g/mol. The van der Waals surface area contributed by atoms with E-state index in [1.54, 1.807) is 4.90 Å². The van der Waals surface area contributed by atoms with Crippen molar-refractivity contribution < 1.29 is 9.59 Å². The minimum absolute atomic E-state index is 0.103. The zero-order valence-electron chi connectivity index (χ0n) is 12.9. The number of hydrogen-bond donors (Lipinski definition) is 1. The lowest BCUT2D eigenvalue weighted by molar-refractivity contribution is -0.132. The summed E-state index contributed by atoms with van der Waals surface area (Å²) in [6, 6.07) is 19.5. The summed E-state index contributed by atoms with van der Waals surface area (Å²) in [6.07, 6.45) is 1.35. The van der Waals surface area contributed by atoms with Crippen LogP contribution in [-0.2, 0) is 16.0 Å². The van der Waals surface area contributed by atoms with Crippen LogP contribution in [-0.4, -0.2) is 24.9 Å². The Bertz CT molecular complexity index is 670. The third kappa shape index (κ3) is 3.59. The Kier molecular flexibility index (Phi) is 4.71. The van der Waals surface area contributed by atoms with Crippen molar-refractivity contribution in [2.24, 2.45) is 5.92 Å². The van der Waals surface area contributed by atoms with E-state index in [2.05, 4.69) is 5.32 Å². The summed E-state index contributed by atoms with van der Waals surface area (Å²) in [5, 5.41) is 2.89. The maximum Gasteiger partial charge on any atom is 0.239 e. The second-order valence-corrected chi connectivity index (χ2v) is 5.69. The fourth-order valence-corrected chi connectivity index (χ4v) is 2.89. The smallest absolute Gasteiger partial charge is 0.239 e. The van der Waals surface area contributed by atoms with Crippen molar-refractivity contribution >= 4 is 17.5 Å². The van der Waals surface area contributed by atoms with Crippen LogP contribution in [0.15, 0.2) is 60.7 Å². The SMILES string of the molecule is O=C(NCCc1ccccc1)[C@@H]1CCN(c2ccccc2)C1=O. The fraction of sp³-hybridized carbons (Fsp3) is 0.263. The Labute approximate surface area is 136 Å². The topological polar surface area (TPSA) is 49.4 Å². The Morgan fingerprint density at radius 1 is 1.04 bits per heavy atom. The Morgan fingerprint density at radius 2 is 1.70 bits per heavy atom. The lowest BCUT2D eigenvalue weighted by Crippen LogP contribution is -2.37. The highest BCUT2D eigenvalue weighted by Gasteiger charge is 2.37. The summed E-state index contributed by atoms with van der Waals surface area (Å²) in [5.74, 6) is -0.830. The first-order chi connectivity index (χ1) is 11.3. The molecular formula is C19H20N2O2. The van der Waals surface area contributed by atoms with Crippen molar-refractivity contribution in [2.45, 2.75) is 12.8 Å². The van der Waals surface area contributed by atoms with Gasteiger partial charge in [-0.15, -0.1) is 0 Å². The van der Waals surface area contributed by atoms with Crippen LogP contribution < -0.4 is 10.2 Å². The van der Waals surface area contributed by atoms with Gasteiger partial charge in [0.25, 0.3) is 0 Å². The molecule has 0 spiro atoms. The van der Waals surface area contributed by atoms with E-state index >= 15 is 0 Å². The van der Waals surface area contributed by atoms with Crippen molar-refractivity contribution in [1.82, 2.24) is 5.32 Å². The van der Waals surface area contributed by atoms with Gasteiger partial charge >= 0.3 is 0 Å². The number of para-hydroxylation sites is 1. The highest BCUT2D eigenvalue weighted by atomic mass is 16.2. The quantitative estimate of drug-likeness (QED) is 0.862. The van der Waals surface area contributed by atoms with Gasteiger partial charge in [-0.3, -0.25) is 9.59 Å². The van der Waals surface area contributed by atoms with Crippen molar-refractivity contribution in [3.8, 4) is 0 Å². The number of amides is 2. The molecule has 0 radical (unpaired) electrons. The molecule has 4 nitrogen and oxygen atoms in total. The van der Waals surface area contributed by atoms with Gasteiger partial charge in [-0.2, -0.15) is 0 Å². The molecule has 0 bridgehead atoms. The molecule has 23 heavy (non-hydrogen) atoms. The molecule has 1 atom stereocenters. The van der Waals surface area contributed by atoms with Crippen LogP contribution in [0, 0.1) is 5.92 Å². The average Bonchev–Trinajstić information content (AvgIpc) is 2.98. The molecule has 0 aromatic heterocycles. The van der Waals surface area contributed by atoms with E-state index in [4.69, 9.17) is 0 Å². The van der Waals surface area contributed by atoms with Gasteiger partial charge in [0.1, 0.15) is 5.92 Å². The zero-order valence-corrected chi connectivity index (χ0v) is 12.9. The molecule has 1 aliphatic rings. The normalized spacial score (nSPS) is 17.3. The number of carbonyl (C=O) groups is 2. The van der Waals surface area contributed by atoms with E-state index in [-0.39, 0.29) is 11.8 Å². The highest BCUT2D eigenvalue weighted by Crippen LogP contribution is 2.24. The molecule has 0 aliphatic carbocycles. The monoisotopic (exact) mass is 308 g/mol. The van der Waals surface area contributed by atoms with E-state index in [0.717, 1.165) is 12.1 Å². The second kappa shape index (κ2) is 7.09. The number of anilines is 1. The van der Waals surface area contributed by atoms with Gasteiger partial charge in [-0.05, 0) is 30.5 Å². The number of nitrogens with zero attached hydrogens (tertiary/aromatic N) is 1. The van der Waals surface area contributed by atoms with E-state index in [0.29, 0.717) is 19.5 Å². The van der Waals surface area contributed by atoms with E-state index in [9.17, 15) is 9.59 Å². The van der Waals surface area contributed by atoms with Crippen molar-refractivity contribution in [3.63, 3.8) is 0 Å². The maximum atomic E-state index is 12.4. The third-order valence-electron chi connectivity index (χ3n) is 4.15. The van der Waals surface area contributed by atoms with Gasteiger partial charge in [0, 0.05) is 18.8 Å². The highest BCUT2D eigenvalue weighted by molar-refractivity contribution is 6.09. The summed E-state index contributed by atoms with van der Waals surface area (Å²) >= 11 is 0. The molecule has 1 fully saturated rings. The maximum absolute atomic E-state index is 12.4. The Morgan fingerprint density at radius 3 is 2.39 bits per heavy atom. The van der Waals surface area contributed by atoms with Crippen LogP contribution in [0.2, 0.25) is 0 Å². The molecule has 1 heterocycles. The number of benzene rings is 2. The van der Waals surface area contributed by atoms with Gasteiger partial charge in [0.05, 0.1) is 0 Å². The van der Waals surface area contributed by atoms with Gasteiger partial charge in [0.2, 0.25) is 11.8 Å². The first-order valence-electron chi connectivity index (χ1n) is 7.94. The molecule has 1 saturated heterocycles. The largest absolute Gasteiger partial charge is 0.355 e. The molecule has 2 amide bonds. The first kappa shape index (κ1) is 15.3. The van der Waals surface area contributed by atoms with Gasteiger partial charge in [-0.25, -0.2) is 0 Å². The van der Waals surface area contributed by atoms with E-state index in [1.165, 1.54) is 5.56 Å². The van der Waals surface area contributed by atoms with Crippen LogP contribution in [0.1, 0.15) is 12.0 Å². The predicted octanol–water partition coefficient (Wildman–Crippen LogP) is 2.40. The standard InChI is InChI=1S/C19H20N2O2/c22-18(20-13-11-15-7-3-1-4-8-15)17-12-14-21(19(17)23)16-9-5-2-6-10-16/h1-10,17H,11-14H2,(H,20,22)/t17-/m0/s1. The molecule has 3 rings (SSSR count). The average molecular weight is 308 g/mol. The van der Waals surface area contributed by atoms with E-state index in [1.807, 2.05) is 60.7 Å². The zero-order chi connectivity index (χ0) is 16.1. The molecule has 4 heteroatoms. The minimum atomic E-state index is -0.564. The van der Waals surface area contributed by atoms with E-state index < -0.39 is 5.92 Å². The molecule has 1 aliphatic heterocycles. The lowest BCUT2D eigenvalue weighted by Gasteiger charge is -2.16. The van der Waals surface area contributed by atoms with Crippen LogP contribution >= 0.6 is 0 Å². The van der Waals surface area contributed by atoms with Gasteiger partial charge < -0.3 is 10.2 Å².